The van der Waals surface area contributed by atoms with Crippen LogP contribution in [0.4, 0.5) is 5.82 Å². The van der Waals surface area contributed by atoms with E-state index in [0.717, 1.165) is 19.4 Å². The van der Waals surface area contributed by atoms with Gasteiger partial charge in [0.25, 0.3) is 5.91 Å². The Morgan fingerprint density at radius 3 is 3.05 bits per heavy atom. The number of hydrogen-bond acceptors (Lipinski definition) is 4. The van der Waals surface area contributed by atoms with E-state index in [1.807, 2.05) is 12.1 Å². The Balaban J connectivity index is 1.61. The van der Waals surface area contributed by atoms with Crippen molar-refractivity contribution in [2.45, 2.75) is 18.9 Å². The van der Waals surface area contributed by atoms with Crippen LogP contribution in [0.5, 0.6) is 5.75 Å². The summed E-state index contributed by atoms with van der Waals surface area (Å²) in [7, 11) is 0. The van der Waals surface area contributed by atoms with Gasteiger partial charge in [0.15, 0.2) is 0 Å². The van der Waals surface area contributed by atoms with E-state index in [4.69, 9.17) is 9.47 Å². The summed E-state index contributed by atoms with van der Waals surface area (Å²) >= 11 is 0. The normalized spacial score (nSPS) is 17.2. The Morgan fingerprint density at radius 2 is 2.27 bits per heavy atom. The van der Waals surface area contributed by atoms with Gasteiger partial charge in [-0.2, -0.15) is 0 Å². The third-order valence-electron chi connectivity index (χ3n) is 3.46. The Labute approximate surface area is 129 Å². The maximum Gasteiger partial charge on any atom is 0.256 e. The first-order valence-electron chi connectivity index (χ1n) is 7.38. The average molecular weight is 298 g/mol. The molecule has 1 atom stereocenters. The van der Waals surface area contributed by atoms with Gasteiger partial charge in [-0.1, -0.05) is 12.1 Å². The van der Waals surface area contributed by atoms with Crippen LogP contribution in [-0.2, 0) is 4.74 Å². The number of carbonyl (C=O) groups excluding carboxylic acids is 1. The van der Waals surface area contributed by atoms with E-state index < -0.39 is 0 Å². The molecule has 0 unspecified atom stereocenters. The van der Waals surface area contributed by atoms with Crippen LogP contribution in [0, 0.1) is 0 Å². The predicted molar refractivity (Wildman–Crippen MR) is 83.1 cm³/mol. The van der Waals surface area contributed by atoms with Crippen LogP contribution in [-0.4, -0.2) is 30.2 Å². The van der Waals surface area contributed by atoms with Gasteiger partial charge in [0, 0.05) is 18.4 Å². The quantitative estimate of drug-likeness (QED) is 0.922. The molecule has 1 aliphatic rings. The van der Waals surface area contributed by atoms with Crippen molar-refractivity contribution in [3.8, 4) is 5.75 Å². The number of nitrogens with one attached hydrogen (secondary N) is 1. The molecule has 1 N–H and O–H groups in total. The highest BCUT2D eigenvalue weighted by atomic mass is 16.5. The maximum atomic E-state index is 12.2. The topological polar surface area (TPSA) is 60.5 Å². The number of anilines is 1. The van der Waals surface area contributed by atoms with Gasteiger partial charge in [-0.15, -0.1) is 0 Å². The lowest BCUT2D eigenvalue weighted by Gasteiger charge is -2.12. The Morgan fingerprint density at radius 1 is 1.32 bits per heavy atom. The van der Waals surface area contributed by atoms with E-state index in [1.165, 1.54) is 0 Å². The average Bonchev–Trinajstić information content (AvgIpc) is 3.08. The zero-order chi connectivity index (χ0) is 15.2. The molecule has 1 aliphatic heterocycles. The lowest BCUT2D eigenvalue weighted by molar-refractivity contribution is 0.0679. The highest BCUT2D eigenvalue weighted by molar-refractivity contribution is 6.03. The molecular formula is C17H18N2O3. The van der Waals surface area contributed by atoms with Gasteiger partial charge in [0.2, 0.25) is 0 Å². The number of nitrogens with zero attached hydrogens (tertiary/aromatic N) is 1. The Hall–Kier alpha value is -2.40. The van der Waals surface area contributed by atoms with Crippen LogP contribution in [0.3, 0.4) is 0 Å². The highest BCUT2D eigenvalue weighted by Crippen LogP contribution is 2.18. The first-order valence-corrected chi connectivity index (χ1v) is 7.38. The minimum Gasteiger partial charge on any atom is -0.491 e. The first kappa shape index (κ1) is 14.5. The summed E-state index contributed by atoms with van der Waals surface area (Å²) in [6.45, 7) is 1.33. The number of benzene rings is 1. The zero-order valence-corrected chi connectivity index (χ0v) is 12.2. The molecule has 1 fully saturated rings. The molecule has 2 heterocycles. The summed E-state index contributed by atoms with van der Waals surface area (Å²) in [5, 5.41) is 2.75. The standard InChI is InChI=1S/C17H18N2O3/c20-17(19-16-8-1-2-9-18-16)13-5-3-6-14(11-13)22-12-15-7-4-10-21-15/h1-3,5-6,8-9,11,15H,4,7,10,12H2,(H,18,19,20)/t15-/m1/s1. The van der Waals surface area contributed by atoms with E-state index >= 15 is 0 Å². The van der Waals surface area contributed by atoms with Crippen molar-refractivity contribution < 1.29 is 14.3 Å². The molecule has 22 heavy (non-hydrogen) atoms. The van der Waals surface area contributed by atoms with Crippen molar-refractivity contribution in [1.29, 1.82) is 0 Å². The lowest BCUT2D eigenvalue weighted by atomic mass is 10.2. The second-order valence-electron chi connectivity index (χ2n) is 5.14. The molecule has 0 spiro atoms. The summed E-state index contributed by atoms with van der Waals surface area (Å²) in [5.74, 6) is 0.989. The van der Waals surface area contributed by atoms with E-state index in [-0.39, 0.29) is 12.0 Å². The largest absolute Gasteiger partial charge is 0.491 e. The van der Waals surface area contributed by atoms with Crippen LogP contribution in [0.15, 0.2) is 48.7 Å². The molecule has 5 heteroatoms. The lowest BCUT2D eigenvalue weighted by Crippen LogP contribution is -2.17. The fourth-order valence-corrected chi connectivity index (χ4v) is 2.32. The van der Waals surface area contributed by atoms with Crippen LogP contribution < -0.4 is 10.1 Å². The summed E-state index contributed by atoms with van der Waals surface area (Å²) in [6, 6.07) is 12.5. The monoisotopic (exact) mass is 298 g/mol. The number of ether oxygens (including phenoxy) is 2. The van der Waals surface area contributed by atoms with Crippen LogP contribution in [0.2, 0.25) is 0 Å². The number of carbonyl (C=O) groups is 1. The molecule has 0 aliphatic carbocycles. The van der Waals surface area contributed by atoms with E-state index in [0.29, 0.717) is 23.7 Å². The second-order valence-corrected chi connectivity index (χ2v) is 5.14. The van der Waals surface area contributed by atoms with E-state index in [9.17, 15) is 4.79 Å². The predicted octanol–water partition coefficient (Wildman–Crippen LogP) is 2.89. The van der Waals surface area contributed by atoms with Crippen molar-refractivity contribution in [2.75, 3.05) is 18.5 Å². The summed E-state index contributed by atoms with van der Waals surface area (Å²) in [6.07, 6.45) is 3.91. The summed E-state index contributed by atoms with van der Waals surface area (Å²) in [4.78, 5) is 16.3. The number of amides is 1. The number of pyridine rings is 1. The number of rotatable bonds is 5. The molecule has 114 valence electrons. The fraction of sp³-hybridized carbons (Fsp3) is 0.294. The van der Waals surface area contributed by atoms with Crippen molar-refractivity contribution in [2.24, 2.45) is 0 Å². The molecule has 0 radical (unpaired) electrons. The van der Waals surface area contributed by atoms with Crippen LogP contribution in [0.1, 0.15) is 23.2 Å². The minimum atomic E-state index is -0.207. The summed E-state index contributed by atoms with van der Waals surface area (Å²) in [5.41, 5.74) is 0.537. The maximum absolute atomic E-state index is 12.2. The smallest absolute Gasteiger partial charge is 0.256 e. The molecule has 1 aromatic carbocycles. The highest BCUT2D eigenvalue weighted by Gasteiger charge is 2.16. The fourth-order valence-electron chi connectivity index (χ4n) is 2.32. The van der Waals surface area contributed by atoms with Crippen LogP contribution in [0.25, 0.3) is 0 Å². The first-order chi connectivity index (χ1) is 10.8. The number of hydrogen-bond donors (Lipinski definition) is 1. The molecule has 2 aromatic rings. The van der Waals surface area contributed by atoms with Gasteiger partial charge in [-0.05, 0) is 43.2 Å². The molecule has 1 saturated heterocycles. The number of aromatic nitrogens is 1. The van der Waals surface area contributed by atoms with Gasteiger partial charge in [0.05, 0.1) is 6.10 Å². The van der Waals surface area contributed by atoms with Crippen molar-refractivity contribution in [1.82, 2.24) is 4.98 Å². The molecule has 5 nitrogen and oxygen atoms in total. The molecule has 1 aromatic heterocycles. The molecule has 0 bridgehead atoms. The molecular weight excluding hydrogens is 280 g/mol. The third kappa shape index (κ3) is 3.83. The van der Waals surface area contributed by atoms with E-state index in [2.05, 4.69) is 10.3 Å². The van der Waals surface area contributed by atoms with Gasteiger partial charge < -0.3 is 14.8 Å². The van der Waals surface area contributed by atoms with Gasteiger partial charge in [-0.25, -0.2) is 4.98 Å². The zero-order valence-electron chi connectivity index (χ0n) is 12.2. The Bertz CT molecular complexity index is 625. The SMILES string of the molecule is O=C(Nc1ccccn1)c1cccc(OC[C@H]2CCCO2)c1. The van der Waals surface area contributed by atoms with Gasteiger partial charge in [0.1, 0.15) is 18.2 Å². The van der Waals surface area contributed by atoms with Crippen molar-refractivity contribution in [3.05, 3.63) is 54.2 Å². The van der Waals surface area contributed by atoms with Crippen molar-refractivity contribution in [3.63, 3.8) is 0 Å². The molecule has 0 saturated carbocycles. The van der Waals surface area contributed by atoms with Crippen LogP contribution >= 0.6 is 0 Å². The van der Waals surface area contributed by atoms with Gasteiger partial charge >= 0.3 is 0 Å². The minimum absolute atomic E-state index is 0.158. The van der Waals surface area contributed by atoms with E-state index in [1.54, 1.807) is 36.5 Å². The van der Waals surface area contributed by atoms with Gasteiger partial charge in [-0.3, -0.25) is 4.79 Å². The third-order valence-corrected chi connectivity index (χ3v) is 3.46. The second kappa shape index (κ2) is 7.04. The molecule has 3 rings (SSSR count). The summed E-state index contributed by atoms with van der Waals surface area (Å²) < 4.78 is 11.2. The molecule has 1 amide bonds. The Kier molecular flexibility index (Phi) is 4.65. The van der Waals surface area contributed by atoms with Crippen molar-refractivity contribution >= 4 is 11.7 Å².